The Labute approximate surface area is 170 Å². The number of hydrogen-bond acceptors (Lipinski definition) is 4. The second-order valence-electron chi connectivity index (χ2n) is 8.63. The van der Waals surface area contributed by atoms with Crippen LogP contribution in [0.4, 0.5) is 10.7 Å². The normalized spacial score (nSPS) is 20.2. The summed E-state index contributed by atoms with van der Waals surface area (Å²) in [6.45, 7) is 9.44. The fourth-order valence-corrected chi connectivity index (χ4v) is 5.54. The number of benzene rings is 1. The average molecular weight is 392 g/mol. The zero-order valence-electron chi connectivity index (χ0n) is 16.9. The molecule has 28 heavy (non-hydrogen) atoms. The molecule has 1 aliphatic carbocycles. The Morgan fingerprint density at radius 1 is 1.32 bits per heavy atom. The predicted molar refractivity (Wildman–Crippen MR) is 115 cm³/mol. The summed E-state index contributed by atoms with van der Waals surface area (Å²) in [5.74, 6) is 0.529. The molecule has 144 valence electrons. The lowest BCUT2D eigenvalue weighted by atomic mass is 9.72. The molecule has 0 bridgehead atoms. The lowest BCUT2D eigenvalue weighted by molar-refractivity contribution is -0.112. The Morgan fingerprint density at radius 2 is 2.07 bits per heavy atom. The van der Waals surface area contributed by atoms with Crippen LogP contribution in [0.3, 0.4) is 0 Å². The minimum absolute atomic E-state index is 0.0773. The van der Waals surface area contributed by atoms with E-state index in [1.807, 2.05) is 31.2 Å². The Morgan fingerprint density at radius 3 is 2.75 bits per heavy atom. The smallest absolute Gasteiger partial charge is 0.277 e. The van der Waals surface area contributed by atoms with Crippen molar-refractivity contribution >= 4 is 33.6 Å². The van der Waals surface area contributed by atoms with E-state index >= 15 is 0 Å². The molecule has 2 aromatic rings. The second-order valence-corrected chi connectivity index (χ2v) is 9.71. The number of likely N-dealkylation sites (N-methyl/N-ethyl adjacent to an activating group) is 1. The van der Waals surface area contributed by atoms with Gasteiger partial charge in [-0.3, -0.25) is 4.79 Å². The Hall–Kier alpha value is -2.45. The number of anilines is 1. The van der Waals surface area contributed by atoms with Gasteiger partial charge < -0.3 is 4.90 Å². The fraction of sp³-hybridized carbons (Fsp3) is 0.435. The van der Waals surface area contributed by atoms with Crippen LogP contribution in [0.1, 0.15) is 55.7 Å². The molecule has 0 fully saturated rings. The first-order chi connectivity index (χ1) is 13.3. The molecular weight excluding hydrogens is 366 g/mol. The number of para-hydroxylation sites is 1. The highest BCUT2D eigenvalue weighted by Crippen LogP contribution is 2.45. The first-order valence-corrected chi connectivity index (χ1v) is 10.7. The summed E-state index contributed by atoms with van der Waals surface area (Å²) in [7, 11) is 0. The maximum absolute atomic E-state index is 12.9. The summed E-state index contributed by atoms with van der Waals surface area (Å²) in [5.41, 5.74) is 4.29. The van der Waals surface area contributed by atoms with E-state index in [-0.39, 0.29) is 11.3 Å². The molecule has 0 saturated heterocycles. The average Bonchev–Trinajstić information content (AvgIpc) is 3.15. The van der Waals surface area contributed by atoms with E-state index in [2.05, 4.69) is 26.8 Å². The van der Waals surface area contributed by atoms with Gasteiger partial charge in [0.15, 0.2) is 0 Å². The van der Waals surface area contributed by atoms with E-state index in [9.17, 15) is 10.1 Å². The largest absolute Gasteiger partial charge is 0.307 e. The van der Waals surface area contributed by atoms with Crippen molar-refractivity contribution in [3.63, 3.8) is 0 Å². The van der Waals surface area contributed by atoms with Crippen molar-refractivity contribution in [3.05, 3.63) is 45.8 Å². The molecule has 1 aliphatic heterocycles. The third-order valence-electron chi connectivity index (χ3n) is 6.01. The molecule has 0 saturated carbocycles. The molecule has 4 nitrogen and oxygen atoms in total. The zero-order valence-corrected chi connectivity index (χ0v) is 17.7. The van der Waals surface area contributed by atoms with E-state index in [4.69, 9.17) is 4.99 Å². The lowest BCUT2D eigenvalue weighted by Gasteiger charge is -2.33. The summed E-state index contributed by atoms with van der Waals surface area (Å²) in [6, 6.07) is 10.1. The van der Waals surface area contributed by atoms with Crippen molar-refractivity contribution in [3.8, 4) is 6.07 Å². The number of hydrogen-bond donors (Lipinski definition) is 0. The van der Waals surface area contributed by atoms with Crippen LogP contribution in [0.15, 0.2) is 29.3 Å². The molecule has 0 N–H and O–H groups in total. The SMILES string of the molecule is CCN1C(=O)C(=Nc2sc3c(c2C#N)CC[C@@H](C(C)(C)C)C3)c2ccccc21. The van der Waals surface area contributed by atoms with E-state index in [0.29, 0.717) is 28.7 Å². The summed E-state index contributed by atoms with van der Waals surface area (Å²) in [6.07, 6.45) is 3.02. The van der Waals surface area contributed by atoms with Gasteiger partial charge in [0.05, 0.1) is 11.3 Å². The lowest BCUT2D eigenvalue weighted by Crippen LogP contribution is -2.29. The highest BCUT2D eigenvalue weighted by atomic mass is 32.1. The molecule has 1 aromatic heterocycles. The van der Waals surface area contributed by atoms with Crippen molar-refractivity contribution < 1.29 is 4.79 Å². The highest BCUT2D eigenvalue weighted by Gasteiger charge is 2.35. The molecule has 2 aliphatic rings. The summed E-state index contributed by atoms with van der Waals surface area (Å²) < 4.78 is 0. The van der Waals surface area contributed by atoms with Gasteiger partial charge in [0, 0.05) is 17.0 Å². The first-order valence-electron chi connectivity index (χ1n) is 9.89. The van der Waals surface area contributed by atoms with Crippen LogP contribution < -0.4 is 4.90 Å². The van der Waals surface area contributed by atoms with Gasteiger partial charge in [-0.15, -0.1) is 11.3 Å². The second kappa shape index (κ2) is 6.86. The number of amides is 1. The number of thiophene rings is 1. The highest BCUT2D eigenvalue weighted by molar-refractivity contribution is 7.16. The van der Waals surface area contributed by atoms with Gasteiger partial charge in [0.1, 0.15) is 16.8 Å². The number of carbonyl (C=O) groups is 1. The standard InChI is InChI=1S/C23H25N3OS/c1-5-26-18-9-7-6-8-16(18)20(22(26)27)25-21-17(13-24)15-11-10-14(23(2,3)4)12-19(15)28-21/h6-9,14H,5,10-12H2,1-4H3/t14-/m1/s1. The van der Waals surface area contributed by atoms with Gasteiger partial charge in [-0.1, -0.05) is 39.0 Å². The van der Waals surface area contributed by atoms with Gasteiger partial charge in [0.2, 0.25) is 0 Å². The fourth-order valence-electron chi connectivity index (χ4n) is 4.29. The molecule has 0 radical (unpaired) electrons. The Kier molecular flexibility index (Phi) is 4.63. The molecule has 1 aromatic carbocycles. The molecular formula is C23H25N3OS. The maximum Gasteiger partial charge on any atom is 0.277 e. The van der Waals surface area contributed by atoms with Gasteiger partial charge in [-0.25, -0.2) is 4.99 Å². The van der Waals surface area contributed by atoms with Crippen LogP contribution in [0.2, 0.25) is 0 Å². The van der Waals surface area contributed by atoms with E-state index in [0.717, 1.165) is 36.1 Å². The molecule has 2 heterocycles. The van der Waals surface area contributed by atoms with Crippen molar-refractivity contribution in [2.24, 2.45) is 16.3 Å². The number of rotatable bonds is 2. The number of nitriles is 1. The Bertz CT molecular complexity index is 1020. The van der Waals surface area contributed by atoms with Gasteiger partial charge in [0.25, 0.3) is 5.91 Å². The summed E-state index contributed by atoms with van der Waals surface area (Å²) in [5, 5.41) is 10.5. The van der Waals surface area contributed by atoms with Crippen LogP contribution in [0.25, 0.3) is 0 Å². The van der Waals surface area contributed by atoms with Gasteiger partial charge in [-0.2, -0.15) is 5.26 Å². The minimum atomic E-state index is -0.0773. The predicted octanol–water partition coefficient (Wildman–Crippen LogP) is 5.26. The monoisotopic (exact) mass is 391 g/mol. The van der Waals surface area contributed by atoms with Crippen molar-refractivity contribution in [1.29, 1.82) is 5.26 Å². The molecule has 1 atom stereocenters. The summed E-state index contributed by atoms with van der Waals surface area (Å²) >= 11 is 1.60. The van der Waals surface area contributed by atoms with Crippen LogP contribution in [0.5, 0.6) is 0 Å². The van der Waals surface area contributed by atoms with Crippen molar-refractivity contribution in [2.45, 2.75) is 47.0 Å². The number of aliphatic imine (C=N–C) groups is 1. The molecule has 0 unspecified atom stereocenters. The molecule has 5 heteroatoms. The Balaban J connectivity index is 1.79. The van der Waals surface area contributed by atoms with E-state index in [1.165, 1.54) is 4.88 Å². The number of nitrogens with zero attached hydrogens (tertiary/aromatic N) is 3. The minimum Gasteiger partial charge on any atom is -0.307 e. The quantitative estimate of drug-likeness (QED) is 0.701. The van der Waals surface area contributed by atoms with Crippen LogP contribution >= 0.6 is 11.3 Å². The van der Waals surface area contributed by atoms with Gasteiger partial charge in [-0.05, 0) is 49.1 Å². The molecule has 4 rings (SSSR count). The van der Waals surface area contributed by atoms with Crippen molar-refractivity contribution in [1.82, 2.24) is 0 Å². The van der Waals surface area contributed by atoms with Crippen LogP contribution in [-0.2, 0) is 17.6 Å². The van der Waals surface area contributed by atoms with E-state index in [1.54, 1.807) is 16.2 Å². The zero-order chi connectivity index (χ0) is 20.1. The third-order valence-corrected chi connectivity index (χ3v) is 7.16. The van der Waals surface area contributed by atoms with Crippen LogP contribution in [-0.4, -0.2) is 18.2 Å². The molecule has 1 amide bonds. The van der Waals surface area contributed by atoms with Gasteiger partial charge >= 0.3 is 0 Å². The van der Waals surface area contributed by atoms with Crippen LogP contribution in [0, 0.1) is 22.7 Å². The van der Waals surface area contributed by atoms with E-state index < -0.39 is 0 Å². The molecule has 0 spiro atoms. The number of carbonyl (C=O) groups excluding carboxylic acids is 1. The summed E-state index contributed by atoms with van der Waals surface area (Å²) in [4.78, 5) is 20.7. The first kappa shape index (κ1) is 18.9. The maximum atomic E-state index is 12.9. The third kappa shape index (κ3) is 2.97. The topological polar surface area (TPSA) is 56.5 Å². The number of fused-ring (bicyclic) bond motifs is 2. The van der Waals surface area contributed by atoms with Crippen molar-refractivity contribution in [2.75, 3.05) is 11.4 Å².